The molecule has 11 rings (SSSR count). The van der Waals surface area contributed by atoms with Crippen molar-refractivity contribution in [1.82, 2.24) is 4.57 Å². The molecule has 0 amide bonds. The van der Waals surface area contributed by atoms with Crippen LogP contribution in [0.25, 0.3) is 108 Å². The molecule has 0 atom stereocenters. The van der Waals surface area contributed by atoms with Crippen LogP contribution in [0.5, 0.6) is 0 Å². The van der Waals surface area contributed by atoms with Crippen LogP contribution in [0.1, 0.15) is 0 Å². The number of nitrogens with zero attached hydrogens (tertiary/aromatic N) is 2. The summed E-state index contributed by atoms with van der Waals surface area (Å²) in [5.74, 6) is 0. The molecule has 4 heteroatoms. The molecule has 0 fully saturated rings. The standard InChI is InChI=1S/C49H28N2OS/c1-50-41-23-22-35(34-21-26-46-40(29-34)36-15-8-9-18-45(36)52-46)47-37-16-10-17-44(48(37)53-49(41)47)51-42-24-19-32(30-11-4-2-5-12-30)27-38(42)39-28-33(20-25-43(39)51)31-13-6-3-7-14-31/h2-29H. The summed E-state index contributed by atoms with van der Waals surface area (Å²) < 4.78 is 10.8. The van der Waals surface area contributed by atoms with E-state index in [9.17, 15) is 0 Å². The number of rotatable bonds is 4. The van der Waals surface area contributed by atoms with Crippen LogP contribution in [0.3, 0.4) is 0 Å². The number of hydrogen-bond acceptors (Lipinski definition) is 2. The van der Waals surface area contributed by atoms with E-state index in [2.05, 4.69) is 161 Å². The topological polar surface area (TPSA) is 22.4 Å². The Balaban J connectivity index is 1.19. The fourth-order valence-corrected chi connectivity index (χ4v) is 9.46. The molecular weight excluding hydrogens is 665 g/mol. The highest BCUT2D eigenvalue weighted by molar-refractivity contribution is 7.27. The van der Waals surface area contributed by atoms with Crippen LogP contribution in [0.4, 0.5) is 5.69 Å². The molecule has 3 nitrogen and oxygen atoms in total. The summed E-state index contributed by atoms with van der Waals surface area (Å²) in [5.41, 5.74) is 12.8. The Kier molecular flexibility index (Phi) is 6.48. The van der Waals surface area contributed by atoms with Crippen molar-refractivity contribution in [1.29, 1.82) is 0 Å². The maximum atomic E-state index is 8.16. The smallest absolute Gasteiger partial charge is 0.204 e. The molecule has 0 aliphatic carbocycles. The zero-order chi connectivity index (χ0) is 35.0. The molecule has 0 bridgehead atoms. The monoisotopic (exact) mass is 692 g/mol. The molecule has 0 spiro atoms. The summed E-state index contributed by atoms with van der Waals surface area (Å²) in [7, 11) is 0. The van der Waals surface area contributed by atoms with Gasteiger partial charge in [-0.2, -0.15) is 0 Å². The van der Waals surface area contributed by atoms with Crippen molar-refractivity contribution in [2.45, 2.75) is 0 Å². The molecule has 246 valence electrons. The van der Waals surface area contributed by atoms with E-state index in [0.717, 1.165) is 70.0 Å². The first-order valence-electron chi connectivity index (χ1n) is 17.7. The van der Waals surface area contributed by atoms with Crippen molar-refractivity contribution in [2.75, 3.05) is 0 Å². The van der Waals surface area contributed by atoms with Crippen LogP contribution in [0.2, 0.25) is 0 Å². The van der Waals surface area contributed by atoms with Gasteiger partial charge in [-0.15, -0.1) is 11.3 Å². The Bertz CT molecular complexity index is 3190. The van der Waals surface area contributed by atoms with Gasteiger partial charge in [-0.1, -0.05) is 121 Å². The largest absolute Gasteiger partial charge is 0.456 e. The van der Waals surface area contributed by atoms with Crippen LogP contribution < -0.4 is 0 Å². The van der Waals surface area contributed by atoms with Crippen molar-refractivity contribution in [3.05, 3.63) is 181 Å². The van der Waals surface area contributed by atoms with Gasteiger partial charge in [-0.25, -0.2) is 4.85 Å². The molecule has 11 aromatic rings. The first-order chi connectivity index (χ1) is 26.2. The van der Waals surface area contributed by atoms with Gasteiger partial charge in [0.15, 0.2) is 0 Å². The van der Waals surface area contributed by atoms with E-state index in [1.54, 1.807) is 11.3 Å². The molecule has 0 aliphatic rings. The number of thiophene rings is 1. The van der Waals surface area contributed by atoms with Crippen LogP contribution in [0, 0.1) is 6.57 Å². The van der Waals surface area contributed by atoms with Gasteiger partial charge in [0.2, 0.25) is 5.69 Å². The van der Waals surface area contributed by atoms with Gasteiger partial charge < -0.3 is 8.98 Å². The first-order valence-corrected chi connectivity index (χ1v) is 18.5. The Morgan fingerprint density at radius 2 is 1.06 bits per heavy atom. The van der Waals surface area contributed by atoms with Gasteiger partial charge >= 0.3 is 0 Å². The van der Waals surface area contributed by atoms with Crippen LogP contribution >= 0.6 is 11.3 Å². The molecule has 0 saturated carbocycles. The van der Waals surface area contributed by atoms with Gasteiger partial charge in [-0.05, 0) is 87.3 Å². The van der Waals surface area contributed by atoms with Crippen LogP contribution in [0.15, 0.2) is 174 Å². The summed E-state index contributed by atoms with van der Waals surface area (Å²) in [5, 5.41) is 6.88. The molecule has 0 N–H and O–H groups in total. The first kappa shape index (κ1) is 29.8. The van der Waals surface area contributed by atoms with E-state index in [1.165, 1.54) is 33.0 Å². The van der Waals surface area contributed by atoms with Crippen molar-refractivity contribution >= 4 is 80.9 Å². The molecule has 8 aromatic carbocycles. The third kappa shape index (κ3) is 4.52. The van der Waals surface area contributed by atoms with E-state index in [0.29, 0.717) is 5.69 Å². The lowest BCUT2D eigenvalue weighted by molar-refractivity contribution is 0.669. The lowest BCUT2D eigenvalue weighted by Crippen LogP contribution is -1.94. The second kappa shape index (κ2) is 11.5. The number of benzene rings is 8. The molecular formula is C49H28N2OS. The van der Waals surface area contributed by atoms with Gasteiger partial charge in [0, 0.05) is 31.6 Å². The maximum Gasteiger partial charge on any atom is 0.204 e. The number of hydrogen-bond donors (Lipinski definition) is 0. The van der Waals surface area contributed by atoms with E-state index in [4.69, 9.17) is 11.0 Å². The molecule has 0 saturated heterocycles. The van der Waals surface area contributed by atoms with E-state index < -0.39 is 0 Å². The maximum absolute atomic E-state index is 8.16. The Morgan fingerprint density at radius 1 is 0.453 bits per heavy atom. The third-order valence-electron chi connectivity index (χ3n) is 10.6. The molecule has 3 heterocycles. The second-order valence-electron chi connectivity index (χ2n) is 13.5. The SMILES string of the molecule is [C-]#[N+]c1ccc(-c2ccc3oc4ccccc4c3c2)c2c1sc1c(-n3c4ccc(-c5ccccc5)cc4c4cc(-c5ccccc5)ccc43)cccc12. The highest BCUT2D eigenvalue weighted by Gasteiger charge is 2.21. The minimum absolute atomic E-state index is 0.674. The Labute approximate surface area is 309 Å². The number of aromatic nitrogens is 1. The summed E-state index contributed by atoms with van der Waals surface area (Å²) in [6, 6.07) is 60.3. The molecule has 0 aliphatic heterocycles. The average molecular weight is 693 g/mol. The normalized spacial score (nSPS) is 11.8. The quantitative estimate of drug-likeness (QED) is 0.168. The minimum Gasteiger partial charge on any atom is -0.456 e. The predicted molar refractivity (Wildman–Crippen MR) is 224 cm³/mol. The van der Waals surface area contributed by atoms with Gasteiger partial charge in [0.25, 0.3) is 0 Å². The highest BCUT2D eigenvalue weighted by Crippen LogP contribution is 2.48. The Morgan fingerprint density at radius 3 is 1.75 bits per heavy atom. The van der Waals surface area contributed by atoms with E-state index >= 15 is 0 Å². The summed E-state index contributed by atoms with van der Waals surface area (Å²) >= 11 is 1.72. The van der Waals surface area contributed by atoms with Crippen molar-refractivity contribution in [2.24, 2.45) is 0 Å². The molecule has 0 unspecified atom stereocenters. The van der Waals surface area contributed by atoms with Crippen molar-refractivity contribution in [3.63, 3.8) is 0 Å². The predicted octanol–water partition coefficient (Wildman–Crippen LogP) is 14.6. The van der Waals surface area contributed by atoms with Crippen molar-refractivity contribution < 1.29 is 4.42 Å². The fourth-order valence-electron chi connectivity index (χ4n) is 8.17. The van der Waals surface area contributed by atoms with Crippen molar-refractivity contribution in [3.8, 4) is 39.1 Å². The summed E-state index contributed by atoms with van der Waals surface area (Å²) in [4.78, 5) is 4.02. The molecule has 0 radical (unpaired) electrons. The summed E-state index contributed by atoms with van der Waals surface area (Å²) in [6.07, 6.45) is 0. The molecule has 53 heavy (non-hydrogen) atoms. The number of furan rings is 1. The van der Waals surface area contributed by atoms with Crippen LogP contribution in [-0.2, 0) is 0 Å². The number of fused-ring (bicyclic) bond motifs is 9. The van der Waals surface area contributed by atoms with Crippen LogP contribution in [-0.4, -0.2) is 4.57 Å². The lowest BCUT2D eigenvalue weighted by Gasteiger charge is -2.11. The highest BCUT2D eigenvalue weighted by atomic mass is 32.1. The Hall–Kier alpha value is -6.93. The average Bonchev–Trinajstić information content (AvgIpc) is 3.90. The lowest BCUT2D eigenvalue weighted by atomic mass is 9.97. The zero-order valence-corrected chi connectivity index (χ0v) is 29.2. The van der Waals surface area contributed by atoms with E-state index in [1.807, 2.05) is 18.2 Å². The van der Waals surface area contributed by atoms with Gasteiger partial charge in [0.05, 0.1) is 28.0 Å². The third-order valence-corrected chi connectivity index (χ3v) is 11.9. The minimum atomic E-state index is 0.674. The fraction of sp³-hybridized carbons (Fsp3) is 0. The zero-order valence-electron chi connectivity index (χ0n) is 28.4. The van der Waals surface area contributed by atoms with Gasteiger partial charge in [0.1, 0.15) is 11.2 Å². The summed E-state index contributed by atoms with van der Waals surface area (Å²) in [6.45, 7) is 8.16. The molecule has 3 aromatic heterocycles. The second-order valence-corrected chi connectivity index (χ2v) is 14.6. The number of para-hydroxylation sites is 1. The van der Waals surface area contributed by atoms with Gasteiger partial charge in [-0.3, -0.25) is 0 Å². The van der Waals surface area contributed by atoms with E-state index in [-0.39, 0.29) is 0 Å².